The molecule has 3 aromatic rings. The monoisotopic (exact) mass is 430 g/mol. The molecule has 1 N–H and O–H groups in total. The second-order valence-corrected chi connectivity index (χ2v) is 7.65. The lowest BCUT2D eigenvalue weighted by molar-refractivity contribution is -0.125. The van der Waals surface area contributed by atoms with E-state index in [1.165, 1.54) is 0 Å². The van der Waals surface area contributed by atoms with Gasteiger partial charge in [-0.1, -0.05) is 42.5 Å². The average Bonchev–Trinajstić information content (AvgIpc) is 2.79. The molecule has 164 valence electrons. The van der Waals surface area contributed by atoms with E-state index in [2.05, 4.69) is 5.32 Å². The van der Waals surface area contributed by atoms with E-state index in [1.54, 1.807) is 24.0 Å². The van der Waals surface area contributed by atoms with Gasteiger partial charge in [-0.25, -0.2) is 0 Å². The van der Waals surface area contributed by atoms with Gasteiger partial charge in [0, 0.05) is 11.8 Å². The van der Waals surface area contributed by atoms with Crippen LogP contribution in [0.25, 0.3) is 0 Å². The number of carbonyl (C=O) groups is 2. The maximum atomic E-state index is 12.7. The smallest absolute Gasteiger partial charge is 0.268 e. The van der Waals surface area contributed by atoms with Gasteiger partial charge in [-0.3, -0.25) is 9.59 Å². The van der Waals surface area contributed by atoms with Gasteiger partial charge in [-0.05, 0) is 49.2 Å². The molecule has 1 aliphatic rings. The maximum absolute atomic E-state index is 12.7. The number of nitrogens with zero attached hydrogens (tertiary/aromatic N) is 1. The van der Waals surface area contributed by atoms with Crippen LogP contribution in [-0.4, -0.2) is 24.5 Å². The third kappa shape index (κ3) is 4.91. The van der Waals surface area contributed by atoms with Crippen LogP contribution in [0.3, 0.4) is 0 Å². The van der Waals surface area contributed by atoms with Gasteiger partial charge in [0.1, 0.15) is 11.5 Å². The molecule has 0 saturated carbocycles. The lowest BCUT2D eigenvalue weighted by Gasteiger charge is -2.33. The van der Waals surface area contributed by atoms with Gasteiger partial charge in [-0.2, -0.15) is 0 Å². The van der Waals surface area contributed by atoms with Crippen molar-refractivity contribution in [1.29, 1.82) is 0 Å². The first-order chi connectivity index (χ1) is 15.5. The van der Waals surface area contributed by atoms with Crippen LogP contribution in [0.5, 0.6) is 11.5 Å². The highest BCUT2D eigenvalue weighted by Gasteiger charge is 2.31. The molecule has 0 saturated heterocycles. The standard InChI is InChI=1S/C26H26N2O4/c1-3-31-22-12-9-19(10-13-22)15-25(29)27-21-11-14-23-24(16-21)32-18(2)26(30)28(23)17-20-7-5-4-6-8-20/h4-14,16,18H,3,15,17H2,1-2H3,(H,27,29). The van der Waals surface area contributed by atoms with E-state index >= 15 is 0 Å². The molecule has 1 atom stereocenters. The molecule has 1 heterocycles. The average molecular weight is 431 g/mol. The maximum Gasteiger partial charge on any atom is 0.268 e. The van der Waals surface area contributed by atoms with E-state index in [-0.39, 0.29) is 18.2 Å². The van der Waals surface area contributed by atoms with Crippen LogP contribution in [0, 0.1) is 0 Å². The van der Waals surface area contributed by atoms with Crippen LogP contribution in [0.4, 0.5) is 11.4 Å². The van der Waals surface area contributed by atoms with Crippen LogP contribution in [-0.2, 0) is 22.6 Å². The predicted molar refractivity (Wildman–Crippen MR) is 124 cm³/mol. The van der Waals surface area contributed by atoms with Gasteiger partial charge in [0.2, 0.25) is 5.91 Å². The molecule has 0 aliphatic carbocycles. The summed E-state index contributed by atoms with van der Waals surface area (Å²) in [4.78, 5) is 27.0. The summed E-state index contributed by atoms with van der Waals surface area (Å²) < 4.78 is 11.3. The quantitative estimate of drug-likeness (QED) is 0.596. The molecule has 0 radical (unpaired) electrons. The number of benzene rings is 3. The normalized spacial score (nSPS) is 15.0. The first-order valence-corrected chi connectivity index (χ1v) is 10.7. The summed E-state index contributed by atoms with van der Waals surface area (Å²) in [6.07, 6.45) is -0.347. The minimum Gasteiger partial charge on any atom is -0.494 e. The van der Waals surface area contributed by atoms with Crippen molar-refractivity contribution >= 4 is 23.2 Å². The molecular formula is C26H26N2O4. The minimum atomic E-state index is -0.596. The molecule has 0 aromatic heterocycles. The summed E-state index contributed by atoms with van der Waals surface area (Å²) in [5.41, 5.74) is 3.25. The van der Waals surface area contributed by atoms with Gasteiger partial charge in [0.05, 0.1) is 25.3 Å². The summed E-state index contributed by atoms with van der Waals surface area (Å²) in [6.45, 7) is 4.73. The third-order valence-electron chi connectivity index (χ3n) is 5.23. The second-order valence-electron chi connectivity index (χ2n) is 7.65. The molecule has 2 amide bonds. The topological polar surface area (TPSA) is 67.9 Å². The SMILES string of the molecule is CCOc1ccc(CC(=O)Nc2ccc3c(c2)OC(C)C(=O)N3Cc2ccccc2)cc1. The van der Waals surface area contributed by atoms with E-state index in [0.29, 0.717) is 30.3 Å². The van der Waals surface area contributed by atoms with Crippen molar-refractivity contribution < 1.29 is 19.1 Å². The zero-order chi connectivity index (χ0) is 22.5. The minimum absolute atomic E-state index is 0.0892. The van der Waals surface area contributed by atoms with Gasteiger partial charge in [0.25, 0.3) is 5.91 Å². The first-order valence-electron chi connectivity index (χ1n) is 10.7. The first kappa shape index (κ1) is 21.4. The van der Waals surface area contributed by atoms with Crippen LogP contribution in [0.1, 0.15) is 25.0 Å². The lowest BCUT2D eigenvalue weighted by atomic mass is 10.1. The zero-order valence-corrected chi connectivity index (χ0v) is 18.2. The largest absolute Gasteiger partial charge is 0.494 e. The number of nitrogens with one attached hydrogen (secondary N) is 1. The Bertz CT molecular complexity index is 1100. The number of hydrogen-bond donors (Lipinski definition) is 1. The highest BCUT2D eigenvalue weighted by molar-refractivity contribution is 6.00. The zero-order valence-electron chi connectivity index (χ0n) is 18.2. The summed E-state index contributed by atoms with van der Waals surface area (Å²) in [5.74, 6) is 1.14. The molecule has 0 spiro atoms. The van der Waals surface area contributed by atoms with E-state index in [9.17, 15) is 9.59 Å². The van der Waals surface area contributed by atoms with Gasteiger partial charge in [0.15, 0.2) is 6.10 Å². The Labute approximate surface area is 187 Å². The molecule has 0 bridgehead atoms. The molecule has 0 fully saturated rings. The third-order valence-corrected chi connectivity index (χ3v) is 5.23. The van der Waals surface area contributed by atoms with E-state index in [0.717, 1.165) is 16.9 Å². The highest BCUT2D eigenvalue weighted by Crippen LogP contribution is 2.37. The molecule has 1 aliphatic heterocycles. The molecule has 32 heavy (non-hydrogen) atoms. The molecule has 3 aromatic carbocycles. The number of amides is 2. The van der Waals surface area contributed by atoms with Crippen molar-refractivity contribution in [3.05, 3.63) is 83.9 Å². The van der Waals surface area contributed by atoms with Crippen molar-refractivity contribution in [3.8, 4) is 11.5 Å². The van der Waals surface area contributed by atoms with Crippen molar-refractivity contribution in [1.82, 2.24) is 0 Å². The number of rotatable bonds is 7. The molecule has 1 unspecified atom stereocenters. The van der Waals surface area contributed by atoms with Crippen molar-refractivity contribution in [3.63, 3.8) is 0 Å². The highest BCUT2D eigenvalue weighted by atomic mass is 16.5. The Kier molecular flexibility index (Phi) is 6.40. The fourth-order valence-electron chi connectivity index (χ4n) is 3.68. The number of carbonyl (C=O) groups excluding carboxylic acids is 2. The molecule has 6 heteroatoms. The van der Waals surface area contributed by atoms with Crippen LogP contribution in [0.15, 0.2) is 72.8 Å². The van der Waals surface area contributed by atoms with Crippen LogP contribution < -0.4 is 19.7 Å². The number of hydrogen-bond acceptors (Lipinski definition) is 4. The number of anilines is 2. The Morgan fingerprint density at radius 2 is 1.78 bits per heavy atom. The van der Waals surface area contributed by atoms with Crippen LogP contribution >= 0.6 is 0 Å². The number of fused-ring (bicyclic) bond motifs is 1. The Balaban J connectivity index is 1.47. The fourth-order valence-corrected chi connectivity index (χ4v) is 3.68. The van der Waals surface area contributed by atoms with Crippen LogP contribution in [0.2, 0.25) is 0 Å². The lowest BCUT2D eigenvalue weighted by Crippen LogP contribution is -2.44. The van der Waals surface area contributed by atoms with Gasteiger partial charge in [-0.15, -0.1) is 0 Å². The fraction of sp³-hybridized carbons (Fsp3) is 0.231. The summed E-state index contributed by atoms with van der Waals surface area (Å²) in [7, 11) is 0. The predicted octanol–water partition coefficient (Wildman–Crippen LogP) is 4.58. The van der Waals surface area contributed by atoms with E-state index in [4.69, 9.17) is 9.47 Å². The Morgan fingerprint density at radius 1 is 1.03 bits per heavy atom. The second kappa shape index (κ2) is 9.56. The Hall–Kier alpha value is -3.80. The number of ether oxygens (including phenoxy) is 2. The summed E-state index contributed by atoms with van der Waals surface area (Å²) >= 11 is 0. The molecule has 4 rings (SSSR count). The molecular weight excluding hydrogens is 404 g/mol. The molecule has 6 nitrogen and oxygen atoms in total. The van der Waals surface area contributed by atoms with E-state index in [1.807, 2.05) is 67.6 Å². The van der Waals surface area contributed by atoms with Gasteiger partial charge >= 0.3 is 0 Å². The van der Waals surface area contributed by atoms with Crippen molar-refractivity contribution in [2.45, 2.75) is 32.9 Å². The summed E-state index contributed by atoms with van der Waals surface area (Å²) in [6, 6.07) is 22.7. The van der Waals surface area contributed by atoms with Crippen molar-refractivity contribution in [2.75, 3.05) is 16.8 Å². The van der Waals surface area contributed by atoms with E-state index < -0.39 is 6.10 Å². The summed E-state index contributed by atoms with van der Waals surface area (Å²) in [5, 5.41) is 2.92. The van der Waals surface area contributed by atoms with Crippen molar-refractivity contribution in [2.24, 2.45) is 0 Å². The Morgan fingerprint density at radius 3 is 2.50 bits per heavy atom. The van der Waals surface area contributed by atoms with Gasteiger partial charge < -0.3 is 19.7 Å².